The molecule has 0 saturated heterocycles. The molecule has 1 aliphatic rings. The quantitative estimate of drug-likeness (QED) is 0.522. The molecule has 1 N–H and O–H groups in total. The van der Waals surface area contributed by atoms with Crippen LogP contribution in [-0.2, 0) is 40.4 Å². The van der Waals surface area contributed by atoms with Crippen LogP contribution in [0.25, 0.3) is 11.0 Å². The number of sulfone groups is 1. The number of alkyl halides is 3. The first kappa shape index (κ1) is 26.0. The maximum Gasteiger partial charge on any atom is 0.433 e. The lowest BCUT2D eigenvalue weighted by Gasteiger charge is -2.38. The summed E-state index contributed by atoms with van der Waals surface area (Å²) in [6, 6.07) is 2.49. The van der Waals surface area contributed by atoms with Gasteiger partial charge in [0, 0.05) is 37.5 Å². The zero-order valence-electron chi connectivity index (χ0n) is 20.2. The van der Waals surface area contributed by atoms with Crippen molar-refractivity contribution in [1.82, 2.24) is 19.5 Å². The fourth-order valence-corrected chi connectivity index (χ4v) is 5.62. The summed E-state index contributed by atoms with van der Waals surface area (Å²) >= 11 is 0. The number of rotatable bonds is 6. The van der Waals surface area contributed by atoms with Crippen LogP contribution in [0.1, 0.15) is 49.5 Å². The van der Waals surface area contributed by atoms with Crippen molar-refractivity contribution in [2.45, 2.75) is 57.5 Å². The number of aliphatic hydroxyl groups is 1. The molecule has 2 aromatic heterocycles. The van der Waals surface area contributed by atoms with E-state index in [0.29, 0.717) is 23.4 Å². The molecule has 0 unspecified atom stereocenters. The minimum atomic E-state index is -4.76. The van der Waals surface area contributed by atoms with Gasteiger partial charge in [0.15, 0.2) is 15.5 Å². The molecule has 194 valence electrons. The number of Topliss-reactive ketones (excluding diaryl/α,β-unsaturated/α-hetero) is 1. The number of hydrogen-bond donors (Lipinski definition) is 1. The smallest absolute Gasteiger partial charge is 0.392 e. The number of carbonyl (C=O) groups excluding carboxylic acids is 1. The number of hydrogen-bond acceptors (Lipinski definition) is 8. The summed E-state index contributed by atoms with van der Waals surface area (Å²) in [5.74, 6) is -0.146. The lowest BCUT2D eigenvalue weighted by Crippen LogP contribution is -2.42. The zero-order valence-corrected chi connectivity index (χ0v) is 21.0. The molecule has 3 aromatic rings. The molecule has 0 bridgehead atoms. The van der Waals surface area contributed by atoms with Crippen molar-refractivity contribution in [1.29, 1.82) is 0 Å². The first-order valence-corrected chi connectivity index (χ1v) is 13.1. The van der Waals surface area contributed by atoms with Gasteiger partial charge in [-0.3, -0.25) is 4.79 Å². The number of aliphatic hydroxyl groups excluding tert-OH is 1. The minimum absolute atomic E-state index is 0.00272. The van der Waals surface area contributed by atoms with E-state index in [9.17, 15) is 31.5 Å². The van der Waals surface area contributed by atoms with Gasteiger partial charge in [0.25, 0.3) is 0 Å². The average Bonchev–Trinajstić information content (AvgIpc) is 3.13. The third-order valence-corrected chi connectivity index (χ3v) is 7.32. The molecule has 0 saturated carbocycles. The Morgan fingerprint density at radius 2 is 1.89 bits per heavy atom. The van der Waals surface area contributed by atoms with Crippen molar-refractivity contribution in [2.24, 2.45) is 5.92 Å². The number of fused-ring (bicyclic) bond motifs is 3. The van der Waals surface area contributed by atoms with Gasteiger partial charge in [0.2, 0.25) is 5.95 Å². The Labute approximate surface area is 205 Å². The van der Waals surface area contributed by atoms with Gasteiger partial charge in [-0.1, -0.05) is 13.8 Å². The predicted octanol–water partition coefficient (Wildman–Crippen LogP) is 3.09. The molecule has 3 heterocycles. The third-order valence-electron chi connectivity index (χ3n) is 6.14. The summed E-state index contributed by atoms with van der Waals surface area (Å²) in [4.78, 5) is 25.8. The van der Waals surface area contributed by atoms with Crippen molar-refractivity contribution >= 4 is 32.6 Å². The number of ketones is 1. The van der Waals surface area contributed by atoms with Gasteiger partial charge in [-0.2, -0.15) is 13.2 Å². The molecule has 0 aliphatic carbocycles. The average molecular weight is 526 g/mol. The van der Waals surface area contributed by atoms with Gasteiger partial charge in [-0.25, -0.2) is 23.4 Å². The lowest BCUT2D eigenvalue weighted by atomic mass is 10.00. The van der Waals surface area contributed by atoms with Gasteiger partial charge in [-0.05, 0) is 30.5 Å². The van der Waals surface area contributed by atoms with Crippen molar-refractivity contribution in [3.8, 4) is 0 Å². The molecule has 1 aliphatic heterocycles. The van der Waals surface area contributed by atoms with Crippen molar-refractivity contribution in [3.05, 3.63) is 41.0 Å². The summed E-state index contributed by atoms with van der Waals surface area (Å²) in [6.45, 7) is 5.05. The molecule has 1 atom stereocenters. The fraction of sp³-hybridized carbons (Fsp3) is 0.478. The molecule has 1 aromatic carbocycles. The number of imidazole rings is 1. The summed E-state index contributed by atoms with van der Waals surface area (Å²) in [6.07, 6.45) is -3.08. The highest BCUT2D eigenvalue weighted by Crippen LogP contribution is 2.38. The van der Waals surface area contributed by atoms with Crippen LogP contribution in [0.2, 0.25) is 0 Å². The van der Waals surface area contributed by atoms with Gasteiger partial charge in [0.05, 0.1) is 28.6 Å². The predicted molar refractivity (Wildman–Crippen MR) is 125 cm³/mol. The Kier molecular flexibility index (Phi) is 6.58. The molecular formula is C23H26F3N5O4S. The van der Waals surface area contributed by atoms with Crippen molar-refractivity contribution in [3.63, 3.8) is 0 Å². The molecule has 0 amide bonds. The number of aromatic nitrogens is 4. The standard InChI is InChI=1S/C23H26F3N5O4S/c1-12(2)19-21-28-16-8-15(11-32)18(36(4,34)35)9-17(16)30(21)5-6-31(19)22-27-10-14(7-13(3)33)20(29-22)23(24,25)26/h8-10,12,19,32H,5-7,11H2,1-4H3/t19-/m1/s1. The summed E-state index contributed by atoms with van der Waals surface area (Å²) in [7, 11) is -3.62. The van der Waals surface area contributed by atoms with Crippen molar-refractivity contribution < 1.29 is 31.5 Å². The van der Waals surface area contributed by atoms with Crippen molar-refractivity contribution in [2.75, 3.05) is 17.7 Å². The van der Waals surface area contributed by atoms with E-state index < -0.39 is 46.6 Å². The highest BCUT2D eigenvalue weighted by molar-refractivity contribution is 7.90. The van der Waals surface area contributed by atoms with E-state index in [1.807, 2.05) is 18.4 Å². The van der Waals surface area contributed by atoms with Crippen LogP contribution < -0.4 is 4.90 Å². The zero-order chi connectivity index (χ0) is 26.6. The second-order valence-corrected chi connectivity index (χ2v) is 11.3. The second-order valence-electron chi connectivity index (χ2n) is 9.30. The Morgan fingerprint density at radius 3 is 2.44 bits per heavy atom. The van der Waals surface area contributed by atoms with E-state index in [-0.39, 0.29) is 34.4 Å². The molecule has 13 heteroatoms. The fourth-order valence-electron chi connectivity index (χ4n) is 4.69. The van der Waals surface area contributed by atoms with Crippen LogP contribution in [-0.4, -0.2) is 51.6 Å². The summed E-state index contributed by atoms with van der Waals surface area (Å²) < 4.78 is 67.8. The molecule has 4 rings (SSSR count). The highest BCUT2D eigenvalue weighted by Gasteiger charge is 2.39. The van der Waals surface area contributed by atoms with Crippen LogP contribution >= 0.6 is 0 Å². The van der Waals surface area contributed by atoms with Crippen LogP contribution in [0.3, 0.4) is 0 Å². The Morgan fingerprint density at radius 1 is 1.19 bits per heavy atom. The molecule has 0 fully saturated rings. The SMILES string of the molecule is CC(=O)Cc1cnc(N2CCn3c(nc4cc(CO)c(S(C)(=O)=O)cc43)[C@H]2C(C)C)nc1C(F)(F)F. The van der Waals surface area contributed by atoms with Crippen LogP contribution in [0, 0.1) is 5.92 Å². The van der Waals surface area contributed by atoms with Crippen LogP contribution in [0.5, 0.6) is 0 Å². The lowest BCUT2D eigenvalue weighted by molar-refractivity contribution is -0.141. The van der Waals surface area contributed by atoms with Gasteiger partial charge in [0.1, 0.15) is 11.6 Å². The van der Waals surface area contributed by atoms with E-state index in [1.165, 1.54) is 19.1 Å². The Hall–Kier alpha value is -3.06. The van der Waals surface area contributed by atoms with E-state index in [4.69, 9.17) is 0 Å². The molecular weight excluding hydrogens is 499 g/mol. The topological polar surface area (TPSA) is 118 Å². The second kappa shape index (κ2) is 9.11. The van der Waals surface area contributed by atoms with E-state index in [1.54, 1.807) is 4.90 Å². The van der Waals surface area contributed by atoms with Crippen LogP contribution in [0.15, 0.2) is 23.2 Å². The monoisotopic (exact) mass is 525 g/mol. The first-order chi connectivity index (χ1) is 16.7. The van der Waals surface area contributed by atoms with Gasteiger partial charge >= 0.3 is 6.18 Å². The molecule has 0 spiro atoms. The summed E-state index contributed by atoms with van der Waals surface area (Å²) in [5.41, 5.74) is -0.175. The molecule has 9 nitrogen and oxygen atoms in total. The number of carbonyl (C=O) groups is 1. The Bertz CT molecular complexity index is 1450. The number of benzene rings is 1. The minimum Gasteiger partial charge on any atom is -0.392 e. The Balaban J connectivity index is 1.86. The van der Waals surface area contributed by atoms with Crippen LogP contribution in [0.4, 0.5) is 19.1 Å². The van der Waals surface area contributed by atoms with Gasteiger partial charge < -0.3 is 14.6 Å². The molecule has 0 radical (unpaired) electrons. The van der Waals surface area contributed by atoms with E-state index in [0.717, 1.165) is 12.5 Å². The number of anilines is 1. The third kappa shape index (κ3) is 4.69. The maximum atomic E-state index is 13.8. The summed E-state index contributed by atoms with van der Waals surface area (Å²) in [5, 5.41) is 9.71. The normalized spacial score (nSPS) is 16.6. The first-order valence-electron chi connectivity index (χ1n) is 11.3. The van der Waals surface area contributed by atoms with E-state index >= 15 is 0 Å². The van der Waals surface area contributed by atoms with Gasteiger partial charge in [-0.15, -0.1) is 0 Å². The molecule has 36 heavy (non-hydrogen) atoms. The highest BCUT2D eigenvalue weighted by atomic mass is 32.2. The maximum absolute atomic E-state index is 13.8. The van der Waals surface area contributed by atoms with E-state index in [2.05, 4.69) is 15.0 Å². The number of nitrogens with zero attached hydrogens (tertiary/aromatic N) is 5. The largest absolute Gasteiger partial charge is 0.433 e. The number of halogens is 3.